The lowest BCUT2D eigenvalue weighted by Gasteiger charge is -2.21. The van der Waals surface area contributed by atoms with Gasteiger partial charge in [-0.25, -0.2) is 4.98 Å². The Morgan fingerprint density at radius 1 is 1.12 bits per heavy atom. The second-order valence-electron chi connectivity index (χ2n) is 7.92. The van der Waals surface area contributed by atoms with E-state index in [0.29, 0.717) is 42.3 Å². The standard InChI is InChI=1S/C25H22N4O3S/c1-28(14-17-7-8-20-21(13-17)32-12-11-31-20)15-22-27-24-23(25(30)29(22)10-9-26)19(16-33-24)18-5-3-2-4-6-18/h2-8,13,16H,10-12,14-15H2,1H3. The van der Waals surface area contributed by atoms with E-state index in [2.05, 4.69) is 11.0 Å². The Balaban J connectivity index is 1.46. The molecule has 0 amide bonds. The SMILES string of the molecule is CN(Cc1ccc2c(c1)OCCO2)Cc1nc2scc(-c3ccccc3)c2c(=O)n1CC#N. The summed E-state index contributed by atoms with van der Waals surface area (Å²) in [6, 6.07) is 17.8. The lowest BCUT2D eigenvalue weighted by molar-refractivity contribution is 0.171. The molecule has 33 heavy (non-hydrogen) atoms. The van der Waals surface area contributed by atoms with Crippen molar-refractivity contribution in [2.75, 3.05) is 20.3 Å². The van der Waals surface area contributed by atoms with Crippen molar-refractivity contribution in [3.63, 3.8) is 0 Å². The normalized spacial score (nSPS) is 12.8. The van der Waals surface area contributed by atoms with E-state index < -0.39 is 0 Å². The highest BCUT2D eigenvalue weighted by molar-refractivity contribution is 7.17. The molecular weight excluding hydrogens is 436 g/mol. The molecule has 1 aliphatic rings. The first-order valence-electron chi connectivity index (χ1n) is 10.6. The highest BCUT2D eigenvalue weighted by Gasteiger charge is 2.18. The van der Waals surface area contributed by atoms with Crippen LogP contribution in [0.1, 0.15) is 11.4 Å². The molecule has 4 aromatic rings. The first kappa shape index (κ1) is 21.2. The van der Waals surface area contributed by atoms with Crippen LogP contribution in [0, 0.1) is 11.3 Å². The van der Waals surface area contributed by atoms with Crippen LogP contribution in [-0.2, 0) is 19.6 Å². The van der Waals surface area contributed by atoms with E-state index in [4.69, 9.17) is 14.5 Å². The number of benzene rings is 2. The second kappa shape index (κ2) is 9.06. The smallest absolute Gasteiger partial charge is 0.263 e. The zero-order valence-corrected chi connectivity index (χ0v) is 19.0. The average Bonchev–Trinajstić information content (AvgIpc) is 3.26. The third-order valence-corrected chi connectivity index (χ3v) is 6.43. The molecule has 0 spiro atoms. The summed E-state index contributed by atoms with van der Waals surface area (Å²) >= 11 is 1.45. The van der Waals surface area contributed by atoms with Gasteiger partial charge in [-0.2, -0.15) is 5.26 Å². The largest absolute Gasteiger partial charge is 0.486 e. The van der Waals surface area contributed by atoms with Gasteiger partial charge < -0.3 is 9.47 Å². The van der Waals surface area contributed by atoms with Crippen molar-refractivity contribution in [3.05, 3.63) is 75.7 Å². The summed E-state index contributed by atoms with van der Waals surface area (Å²) in [5.74, 6) is 2.09. The van der Waals surface area contributed by atoms with Crippen molar-refractivity contribution in [1.82, 2.24) is 14.5 Å². The van der Waals surface area contributed by atoms with Gasteiger partial charge in [-0.3, -0.25) is 14.3 Å². The van der Waals surface area contributed by atoms with Gasteiger partial charge in [0.1, 0.15) is 30.4 Å². The molecule has 0 fully saturated rings. The van der Waals surface area contributed by atoms with Gasteiger partial charge in [0.05, 0.1) is 18.0 Å². The summed E-state index contributed by atoms with van der Waals surface area (Å²) in [5, 5.41) is 11.9. The molecule has 2 aromatic carbocycles. The summed E-state index contributed by atoms with van der Waals surface area (Å²) in [4.78, 5) is 21.0. The number of ether oxygens (including phenoxy) is 2. The molecule has 0 atom stereocenters. The zero-order chi connectivity index (χ0) is 22.8. The van der Waals surface area contributed by atoms with E-state index >= 15 is 0 Å². The molecule has 0 aliphatic carbocycles. The van der Waals surface area contributed by atoms with Gasteiger partial charge in [-0.15, -0.1) is 11.3 Å². The Morgan fingerprint density at radius 3 is 2.70 bits per heavy atom. The minimum absolute atomic E-state index is 0.0426. The van der Waals surface area contributed by atoms with E-state index in [0.717, 1.165) is 28.2 Å². The lowest BCUT2D eigenvalue weighted by atomic mass is 10.1. The monoisotopic (exact) mass is 458 g/mol. The number of nitrogens with zero attached hydrogens (tertiary/aromatic N) is 4. The van der Waals surface area contributed by atoms with Gasteiger partial charge in [0.25, 0.3) is 5.56 Å². The van der Waals surface area contributed by atoms with Gasteiger partial charge in [-0.1, -0.05) is 36.4 Å². The van der Waals surface area contributed by atoms with Crippen molar-refractivity contribution in [2.45, 2.75) is 19.6 Å². The molecule has 0 saturated heterocycles. The van der Waals surface area contributed by atoms with Crippen molar-refractivity contribution >= 4 is 21.6 Å². The summed E-state index contributed by atoms with van der Waals surface area (Å²) < 4.78 is 12.8. The number of hydrogen-bond acceptors (Lipinski definition) is 7. The fraction of sp³-hybridized carbons (Fsp3) is 0.240. The van der Waals surface area contributed by atoms with Crippen LogP contribution in [0.2, 0.25) is 0 Å². The molecule has 0 N–H and O–H groups in total. The maximum atomic E-state index is 13.4. The molecular formula is C25H22N4O3S. The van der Waals surface area contributed by atoms with Crippen molar-refractivity contribution < 1.29 is 9.47 Å². The Bertz CT molecular complexity index is 1410. The van der Waals surface area contributed by atoms with Gasteiger partial charge >= 0.3 is 0 Å². The fourth-order valence-electron chi connectivity index (χ4n) is 4.05. The second-order valence-corrected chi connectivity index (χ2v) is 8.78. The molecule has 0 unspecified atom stereocenters. The maximum Gasteiger partial charge on any atom is 0.263 e. The van der Waals surface area contributed by atoms with E-state index in [-0.39, 0.29) is 12.1 Å². The van der Waals surface area contributed by atoms with Crippen LogP contribution < -0.4 is 15.0 Å². The molecule has 2 aromatic heterocycles. The molecule has 0 bridgehead atoms. The number of rotatable bonds is 6. The molecule has 3 heterocycles. The molecule has 1 aliphatic heterocycles. The highest BCUT2D eigenvalue weighted by atomic mass is 32.1. The first-order chi connectivity index (χ1) is 16.1. The summed E-state index contributed by atoms with van der Waals surface area (Å²) in [5.41, 5.74) is 2.72. The van der Waals surface area contributed by atoms with Crippen LogP contribution >= 0.6 is 11.3 Å². The predicted molar refractivity (Wildman–Crippen MR) is 128 cm³/mol. The van der Waals surface area contributed by atoms with Gasteiger partial charge in [0, 0.05) is 17.5 Å². The topological polar surface area (TPSA) is 80.4 Å². The molecule has 0 radical (unpaired) electrons. The van der Waals surface area contributed by atoms with E-state index in [1.54, 1.807) is 0 Å². The third kappa shape index (κ3) is 4.21. The fourth-order valence-corrected chi connectivity index (χ4v) is 5.00. The number of nitriles is 1. The van der Waals surface area contributed by atoms with Crippen LogP contribution in [0.15, 0.2) is 58.7 Å². The maximum absolute atomic E-state index is 13.4. The Morgan fingerprint density at radius 2 is 1.91 bits per heavy atom. The zero-order valence-electron chi connectivity index (χ0n) is 18.2. The van der Waals surface area contributed by atoms with E-state index in [9.17, 15) is 10.1 Å². The van der Waals surface area contributed by atoms with Crippen molar-refractivity contribution in [3.8, 4) is 28.7 Å². The third-order valence-electron chi connectivity index (χ3n) is 5.56. The quantitative estimate of drug-likeness (QED) is 0.434. The minimum Gasteiger partial charge on any atom is -0.486 e. The van der Waals surface area contributed by atoms with E-state index in [1.165, 1.54) is 15.9 Å². The van der Waals surface area contributed by atoms with Crippen LogP contribution in [0.5, 0.6) is 11.5 Å². The number of aromatic nitrogens is 2. The summed E-state index contributed by atoms with van der Waals surface area (Å²) in [7, 11) is 1.97. The lowest BCUT2D eigenvalue weighted by Crippen LogP contribution is -2.29. The van der Waals surface area contributed by atoms with Crippen LogP contribution in [0.25, 0.3) is 21.3 Å². The highest BCUT2D eigenvalue weighted by Crippen LogP contribution is 2.32. The molecule has 7 nitrogen and oxygen atoms in total. The first-order valence-corrected chi connectivity index (χ1v) is 11.5. The molecule has 166 valence electrons. The predicted octanol–water partition coefficient (Wildman–Crippen LogP) is 4.05. The number of fused-ring (bicyclic) bond motifs is 2. The van der Waals surface area contributed by atoms with Crippen LogP contribution in [0.4, 0.5) is 0 Å². The Labute approximate surface area is 195 Å². The number of thiophene rings is 1. The Kier molecular flexibility index (Phi) is 5.82. The summed E-state index contributed by atoms with van der Waals surface area (Å²) in [6.07, 6.45) is 0. The van der Waals surface area contributed by atoms with Gasteiger partial charge in [-0.05, 0) is 30.3 Å². The average molecular weight is 459 g/mol. The number of hydrogen-bond donors (Lipinski definition) is 0. The Hall–Kier alpha value is -3.67. The van der Waals surface area contributed by atoms with Gasteiger partial charge in [0.2, 0.25) is 0 Å². The van der Waals surface area contributed by atoms with Crippen molar-refractivity contribution in [1.29, 1.82) is 5.26 Å². The van der Waals surface area contributed by atoms with Crippen molar-refractivity contribution in [2.24, 2.45) is 0 Å². The van der Waals surface area contributed by atoms with Crippen LogP contribution in [0.3, 0.4) is 0 Å². The van der Waals surface area contributed by atoms with Gasteiger partial charge in [0.15, 0.2) is 11.5 Å². The minimum atomic E-state index is -0.176. The molecule has 0 saturated carbocycles. The van der Waals surface area contributed by atoms with Crippen LogP contribution in [-0.4, -0.2) is 34.7 Å². The van der Waals surface area contributed by atoms with E-state index in [1.807, 2.05) is 61.0 Å². The molecule has 8 heteroatoms. The molecule has 5 rings (SSSR count). The summed E-state index contributed by atoms with van der Waals surface area (Å²) in [6.45, 7) is 2.13.